The summed E-state index contributed by atoms with van der Waals surface area (Å²) in [5.41, 5.74) is 2.22. The number of urea groups is 1. The number of aromatic nitrogens is 1. The molecule has 3 rings (SSSR count). The standard InChI is InChI=1S/C17H18N4O4S/c18-26(23,24)13-7-5-12(6-8-13)9-10-19-17(22)20-11-15-14-3-1-2-4-16(14)25-21-15/h1-8H,9-11H2,(H2,18,23,24)(H2,19,20,22). The number of sulfonamides is 1. The maximum Gasteiger partial charge on any atom is 0.315 e. The zero-order chi connectivity index (χ0) is 18.6. The Kier molecular flexibility index (Phi) is 5.19. The summed E-state index contributed by atoms with van der Waals surface area (Å²) in [6.45, 7) is 0.659. The van der Waals surface area contributed by atoms with Crippen LogP contribution in [0.1, 0.15) is 11.3 Å². The third-order valence-corrected chi connectivity index (χ3v) is 4.75. The number of rotatable bonds is 6. The van der Waals surface area contributed by atoms with Gasteiger partial charge in [-0.25, -0.2) is 18.4 Å². The highest BCUT2D eigenvalue weighted by Gasteiger charge is 2.09. The zero-order valence-corrected chi connectivity index (χ0v) is 14.6. The average molecular weight is 374 g/mol. The molecular formula is C17H18N4O4S. The van der Waals surface area contributed by atoms with Gasteiger partial charge in [0.1, 0.15) is 5.69 Å². The summed E-state index contributed by atoms with van der Waals surface area (Å²) < 4.78 is 27.6. The molecule has 2 amide bonds. The van der Waals surface area contributed by atoms with Crippen molar-refractivity contribution in [2.75, 3.05) is 6.54 Å². The van der Waals surface area contributed by atoms with Crippen molar-refractivity contribution in [2.24, 2.45) is 5.14 Å². The van der Waals surface area contributed by atoms with E-state index in [-0.39, 0.29) is 17.5 Å². The fourth-order valence-corrected chi connectivity index (χ4v) is 2.97. The van der Waals surface area contributed by atoms with Crippen LogP contribution in [0.2, 0.25) is 0 Å². The Balaban J connectivity index is 1.46. The van der Waals surface area contributed by atoms with E-state index < -0.39 is 10.0 Å². The van der Waals surface area contributed by atoms with Crippen molar-refractivity contribution in [2.45, 2.75) is 17.9 Å². The molecule has 3 aromatic rings. The molecule has 8 nitrogen and oxygen atoms in total. The second-order valence-electron chi connectivity index (χ2n) is 5.67. The summed E-state index contributed by atoms with van der Waals surface area (Å²) in [6, 6.07) is 13.3. The van der Waals surface area contributed by atoms with Gasteiger partial charge in [0.25, 0.3) is 0 Å². The lowest BCUT2D eigenvalue weighted by Crippen LogP contribution is -2.36. The Bertz CT molecular complexity index is 1010. The SMILES string of the molecule is NS(=O)(=O)c1ccc(CCNC(=O)NCc2noc3ccccc23)cc1. The minimum Gasteiger partial charge on any atom is -0.356 e. The molecule has 0 fully saturated rings. The van der Waals surface area contributed by atoms with Crippen molar-refractivity contribution in [3.05, 3.63) is 59.8 Å². The lowest BCUT2D eigenvalue weighted by molar-refractivity contribution is 0.240. The van der Waals surface area contributed by atoms with E-state index in [0.29, 0.717) is 24.2 Å². The van der Waals surface area contributed by atoms with E-state index >= 15 is 0 Å². The summed E-state index contributed by atoms with van der Waals surface area (Å²) in [4.78, 5) is 11.9. The van der Waals surface area contributed by atoms with Gasteiger partial charge in [0.2, 0.25) is 10.0 Å². The number of carbonyl (C=O) groups is 1. The molecule has 0 aliphatic heterocycles. The van der Waals surface area contributed by atoms with Crippen LogP contribution in [0, 0.1) is 0 Å². The largest absolute Gasteiger partial charge is 0.356 e. The maximum atomic E-state index is 11.9. The molecule has 0 aliphatic carbocycles. The molecule has 0 saturated carbocycles. The fraction of sp³-hybridized carbons (Fsp3) is 0.176. The monoisotopic (exact) mass is 374 g/mol. The number of nitrogens with zero attached hydrogens (tertiary/aromatic N) is 1. The topological polar surface area (TPSA) is 127 Å². The Labute approximate surface area is 150 Å². The Morgan fingerprint density at radius 1 is 1.08 bits per heavy atom. The first-order valence-corrected chi connectivity index (χ1v) is 9.45. The van der Waals surface area contributed by atoms with Crippen LogP contribution in [-0.2, 0) is 23.0 Å². The van der Waals surface area contributed by atoms with Gasteiger partial charge in [-0.05, 0) is 36.2 Å². The van der Waals surface area contributed by atoms with Gasteiger partial charge in [-0.1, -0.05) is 29.4 Å². The number of para-hydroxylation sites is 1. The summed E-state index contributed by atoms with van der Waals surface area (Å²) in [5, 5.41) is 15.3. The van der Waals surface area contributed by atoms with Crippen molar-refractivity contribution in [1.82, 2.24) is 15.8 Å². The van der Waals surface area contributed by atoms with E-state index in [9.17, 15) is 13.2 Å². The summed E-state index contributed by atoms with van der Waals surface area (Å²) in [7, 11) is -3.69. The van der Waals surface area contributed by atoms with Crippen LogP contribution < -0.4 is 15.8 Å². The molecular weight excluding hydrogens is 356 g/mol. The van der Waals surface area contributed by atoms with Crippen LogP contribution in [0.25, 0.3) is 11.0 Å². The van der Waals surface area contributed by atoms with Crippen molar-refractivity contribution < 1.29 is 17.7 Å². The molecule has 9 heteroatoms. The van der Waals surface area contributed by atoms with E-state index in [0.717, 1.165) is 10.9 Å². The predicted octanol–water partition coefficient (Wildman–Crippen LogP) is 1.52. The number of amides is 2. The quantitative estimate of drug-likeness (QED) is 0.603. The van der Waals surface area contributed by atoms with Crippen molar-refractivity contribution in [3.63, 3.8) is 0 Å². The third kappa shape index (κ3) is 4.38. The van der Waals surface area contributed by atoms with Gasteiger partial charge >= 0.3 is 6.03 Å². The van der Waals surface area contributed by atoms with Crippen LogP contribution in [0.15, 0.2) is 57.9 Å². The minimum atomic E-state index is -3.69. The van der Waals surface area contributed by atoms with Crippen LogP contribution in [0.4, 0.5) is 4.79 Å². The first-order chi connectivity index (χ1) is 12.4. The van der Waals surface area contributed by atoms with Gasteiger partial charge in [-0.3, -0.25) is 0 Å². The smallest absolute Gasteiger partial charge is 0.315 e. The number of nitrogens with two attached hydrogens (primary N) is 1. The first kappa shape index (κ1) is 17.9. The number of primary sulfonamides is 1. The van der Waals surface area contributed by atoms with Crippen LogP contribution >= 0.6 is 0 Å². The molecule has 0 radical (unpaired) electrons. The van der Waals surface area contributed by atoms with Gasteiger partial charge in [-0.15, -0.1) is 0 Å². The van der Waals surface area contributed by atoms with Crippen LogP contribution in [-0.4, -0.2) is 26.2 Å². The van der Waals surface area contributed by atoms with Crippen molar-refractivity contribution in [1.29, 1.82) is 0 Å². The van der Waals surface area contributed by atoms with E-state index in [1.807, 2.05) is 24.3 Å². The highest BCUT2D eigenvalue weighted by Crippen LogP contribution is 2.17. The second-order valence-corrected chi connectivity index (χ2v) is 7.24. The molecule has 1 aromatic heterocycles. The molecule has 0 saturated heterocycles. The van der Waals surface area contributed by atoms with Crippen molar-refractivity contribution in [3.8, 4) is 0 Å². The number of hydrogen-bond acceptors (Lipinski definition) is 5. The number of benzene rings is 2. The first-order valence-electron chi connectivity index (χ1n) is 7.90. The van der Waals surface area contributed by atoms with Crippen molar-refractivity contribution >= 4 is 27.0 Å². The van der Waals surface area contributed by atoms with Gasteiger partial charge < -0.3 is 15.2 Å². The average Bonchev–Trinajstić information content (AvgIpc) is 3.03. The van der Waals surface area contributed by atoms with E-state index in [2.05, 4.69) is 15.8 Å². The molecule has 26 heavy (non-hydrogen) atoms. The van der Waals surface area contributed by atoms with E-state index in [1.165, 1.54) is 12.1 Å². The predicted molar refractivity (Wildman–Crippen MR) is 95.8 cm³/mol. The molecule has 0 spiro atoms. The summed E-state index contributed by atoms with van der Waals surface area (Å²) >= 11 is 0. The van der Waals surface area contributed by atoms with Crippen LogP contribution in [0.3, 0.4) is 0 Å². The normalized spacial score (nSPS) is 11.4. The highest BCUT2D eigenvalue weighted by molar-refractivity contribution is 7.89. The zero-order valence-electron chi connectivity index (χ0n) is 13.8. The highest BCUT2D eigenvalue weighted by atomic mass is 32.2. The minimum absolute atomic E-state index is 0.0618. The van der Waals surface area contributed by atoms with Gasteiger partial charge in [0.15, 0.2) is 5.58 Å². The van der Waals surface area contributed by atoms with E-state index in [4.69, 9.17) is 9.66 Å². The maximum absolute atomic E-state index is 11.9. The Morgan fingerprint density at radius 2 is 1.81 bits per heavy atom. The number of fused-ring (bicyclic) bond motifs is 1. The number of hydrogen-bond donors (Lipinski definition) is 3. The van der Waals surface area contributed by atoms with E-state index in [1.54, 1.807) is 12.1 Å². The van der Waals surface area contributed by atoms with Crippen LogP contribution in [0.5, 0.6) is 0 Å². The Hall–Kier alpha value is -2.91. The second kappa shape index (κ2) is 7.54. The molecule has 0 unspecified atom stereocenters. The fourth-order valence-electron chi connectivity index (χ4n) is 2.46. The molecule has 0 aliphatic rings. The van der Waals surface area contributed by atoms with Gasteiger partial charge in [0, 0.05) is 11.9 Å². The summed E-state index contributed by atoms with van der Waals surface area (Å²) in [5.74, 6) is 0. The molecule has 0 atom stereocenters. The Morgan fingerprint density at radius 3 is 2.54 bits per heavy atom. The lowest BCUT2D eigenvalue weighted by atomic mass is 10.1. The summed E-state index contributed by atoms with van der Waals surface area (Å²) in [6.07, 6.45) is 0.561. The lowest BCUT2D eigenvalue weighted by Gasteiger charge is -2.07. The number of nitrogens with one attached hydrogen (secondary N) is 2. The molecule has 2 aromatic carbocycles. The third-order valence-electron chi connectivity index (χ3n) is 3.82. The molecule has 0 bridgehead atoms. The number of carbonyl (C=O) groups excluding carboxylic acids is 1. The van der Waals surface area contributed by atoms with Gasteiger partial charge in [0.05, 0.1) is 11.4 Å². The molecule has 136 valence electrons. The molecule has 1 heterocycles. The molecule has 4 N–H and O–H groups in total. The van der Waals surface area contributed by atoms with Gasteiger partial charge in [-0.2, -0.15) is 0 Å².